The summed E-state index contributed by atoms with van der Waals surface area (Å²) in [6.07, 6.45) is -4.78. The van der Waals surface area contributed by atoms with Gasteiger partial charge in [0, 0.05) is 19.0 Å². The van der Waals surface area contributed by atoms with Crippen LogP contribution in [0.25, 0.3) is 0 Å². The Hall–Kier alpha value is -4.13. The van der Waals surface area contributed by atoms with Crippen LogP contribution in [0.3, 0.4) is 0 Å². The van der Waals surface area contributed by atoms with Crippen molar-refractivity contribution < 1.29 is 42.8 Å². The molecular formula is C35H40N2O9. The van der Waals surface area contributed by atoms with Crippen molar-refractivity contribution in [3.63, 3.8) is 0 Å². The minimum Gasteiger partial charge on any atom is -0.461 e. The van der Waals surface area contributed by atoms with E-state index in [-0.39, 0.29) is 38.7 Å². The lowest BCUT2D eigenvalue weighted by molar-refractivity contribution is -0.351. The number of rotatable bonds is 13. The molecule has 2 heterocycles. The number of nitrogens with one attached hydrogen (secondary N) is 2. The van der Waals surface area contributed by atoms with Crippen molar-refractivity contribution in [2.24, 2.45) is 0 Å². The van der Waals surface area contributed by atoms with Gasteiger partial charge in [0.05, 0.1) is 19.6 Å². The Bertz CT molecular complexity index is 1410. The fourth-order valence-corrected chi connectivity index (χ4v) is 5.34. The third kappa shape index (κ3) is 9.21. The fourth-order valence-electron chi connectivity index (χ4n) is 5.34. The third-order valence-electron chi connectivity index (χ3n) is 7.64. The van der Waals surface area contributed by atoms with Crippen LogP contribution < -0.4 is 10.6 Å². The molecular weight excluding hydrogens is 592 g/mol. The highest BCUT2D eigenvalue weighted by molar-refractivity contribution is 5.81. The summed E-state index contributed by atoms with van der Waals surface area (Å²) < 4.78 is 36.6. The van der Waals surface area contributed by atoms with E-state index in [1.807, 2.05) is 91.0 Å². The Balaban J connectivity index is 1.26. The van der Waals surface area contributed by atoms with E-state index in [9.17, 15) is 14.4 Å². The molecule has 0 aliphatic carbocycles. The molecule has 5 rings (SSSR count). The lowest BCUT2D eigenvalue weighted by Gasteiger charge is -2.49. The molecule has 0 saturated carbocycles. The molecule has 7 atom stereocenters. The maximum Gasteiger partial charge on any atom is 0.307 e. The van der Waals surface area contributed by atoms with Crippen LogP contribution in [0.1, 0.15) is 43.2 Å². The standard InChI is InChI=1S/C35H40N2O9/c1-23(33(40)36-19-18-29(39)41-20-25-12-6-3-7-13-25)44-32-30(37-24(2)38)35(42-21-26-14-8-4-9-15-26)45-28-22-43-34(46-31(28)32)27-16-10-5-11-17-27/h3-17,23,28,30-32,34-35H,18-22H2,1-2H3,(H,36,40)(H,37,38)/t23-,28-,30+,31-,32+,34+,35-/m1/s1. The zero-order valence-corrected chi connectivity index (χ0v) is 25.9. The second-order valence-electron chi connectivity index (χ2n) is 11.2. The predicted octanol–water partition coefficient (Wildman–Crippen LogP) is 3.57. The van der Waals surface area contributed by atoms with Crippen LogP contribution >= 0.6 is 0 Å². The van der Waals surface area contributed by atoms with Crippen molar-refractivity contribution in [3.8, 4) is 0 Å². The molecule has 2 aliphatic rings. The van der Waals surface area contributed by atoms with Crippen LogP contribution in [-0.2, 0) is 56.0 Å². The SMILES string of the molecule is CC(=O)N[C@@H]1[C@H](OCc2ccccc2)O[C@@H]2CO[C@H](c3ccccc3)O[C@H]2[C@H]1O[C@H](C)C(=O)NCCC(=O)OCc1ccccc1. The summed E-state index contributed by atoms with van der Waals surface area (Å²) in [5, 5.41) is 5.65. The predicted molar refractivity (Wildman–Crippen MR) is 166 cm³/mol. The molecule has 2 N–H and O–H groups in total. The molecule has 2 amide bonds. The van der Waals surface area contributed by atoms with Gasteiger partial charge in [0.15, 0.2) is 12.6 Å². The number of carbonyl (C=O) groups excluding carboxylic acids is 3. The number of ether oxygens (including phenoxy) is 6. The first-order chi connectivity index (χ1) is 22.4. The van der Waals surface area contributed by atoms with Crippen LogP contribution in [-0.4, -0.2) is 67.7 Å². The summed E-state index contributed by atoms with van der Waals surface area (Å²) in [6, 6.07) is 27.6. The quantitative estimate of drug-likeness (QED) is 0.272. The molecule has 2 aliphatic heterocycles. The van der Waals surface area contributed by atoms with Gasteiger partial charge in [-0.05, 0) is 18.1 Å². The molecule has 46 heavy (non-hydrogen) atoms. The average molecular weight is 633 g/mol. The van der Waals surface area contributed by atoms with E-state index in [1.54, 1.807) is 6.92 Å². The van der Waals surface area contributed by atoms with Gasteiger partial charge in [0.2, 0.25) is 11.8 Å². The van der Waals surface area contributed by atoms with Gasteiger partial charge in [0.1, 0.15) is 37.1 Å². The Labute approximate surface area is 268 Å². The molecule has 0 aromatic heterocycles. The highest BCUT2D eigenvalue weighted by atomic mass is 16.8. The smallest absolute Gasteiger partial charge is 0.307 e. The first-order valence-corrected chi connectivity index (χ1v) is 15.4. The first kappa shape index (κ1) is 33.2. The Morgan fingerprint density at radius 1 is 0.870 bits per heavy atom. The van der Waals surface area contributed by atoms with Gasteiger partial charge in [-0.25, -0.2) is 0 Å². The second-order valence-corrected chi connectivity index (χ2v) is 11.2. The van der Waals surface area contributed by atoms with Crippen molar-refractivity contribution in [2.45, 2.75) is 76.5 Å². The zero-order valence-electron chi connectivity index (χ0n) is 25.9. The van der Waals surface area contributed by atoms with Gasteiger partial charge >= 0.3 is 5.97 Å². The molecule has 0 spiro atoms. The largest absolute Gasteiger partial charge is 0.461 e. The zero-order chi connectivity index (χ0) is 32.3. The Morgan fingerprint density at radius 3 is 2.15 bits per heavy atom. The summed E-state index contributed by atoms with van der Waals surface area (Å²) in [6.45, 7) is 3.61. The number of amides is 2. The van der Waals surface area contributed by atoms with Crippen LogP contribution in [0, 0.1) is 0 Å². The average Bonchev–Trinajstić information content (AvgIpc) is 3.08. The Morgan fingerprint density at radius 2 is 1.50 bits per heavy atom. The van der Waals surface area contributed by atoms with Gasteiger partial charge in [-0.3, -0.25) is 14.4 Å². The van der Waals surface area contributed by atoms with Crippen LogP contribution in [0.4, 0.5) is 0 Å². The van der Waals surface area contributed by atoms with Crippen molar-refractivity contribution in [1.82, 2.24) is 10.6 Å². The summed E-state index contributed by atoms with van der Waals surface area (Å²) in [5.41, 5.74) is 2.60. The molecule has 244 valence electrons. The summed E-state index contributed by atoms with van der Waals surface area (Å²) in [7, 11) is 0. The van der Waals surface area contributed by atoms with E-state index in [1.165, 1.54) is 6.92 Å². The molecule has 11 nitrogen and oxygen atoms in total. The van der Waals surface area contributed by atoms with E-state index in [2.05, 4.69) is 10.6 Å². The topological polar surface area (TPSA) is 131 Å². The number of hydrogen-bond acceptors (Lipinski definition) is 9. The number of carbonyl (C=O) groups is 3. The first-order valence-electron chi connectivity index (χ1n) is 15.4. The van der Waals surface area contributed by atoms with Crippen LogP contribution in [0.5, 0.6) is 0 Å². The molecule has 2 fully saturated rings. The van der Waals surface area contributed by atoms with Gasteiger partial charge in [-0.1, -0.05) is 91.0 Å². The highest BCUT2D eigenvalue weighted by Gasteiger charge is 2.52. The number of esters is 1. The number of benzene rings is 3. The molecule has 0 bridgehead atoms. The van der Waals surface area contributed by atoms with E-state index in [4.69, 9.17) is 28.4 Å². The Kier molecular flexibility index (Phi) is 11.9. The van der Waals surface area contributed by atoms with Crippen molar-refractivity contribution >= 4 is 17.8 Å². The van der Waals surface area contributed by atoms with Crippen LogP contribution in [0.2, 0.25) is 0 Å². The van der Waals surface area contributed by atoms with Gasteiger partial charge in [-0.15, -0.1) is 0 Å². The second kappa shape index (κ2) is 16.4. The van der Waals surface area contributed by atoms with E-state index in [0.29, 0.717) is 0 Å². The monoisotopic (exact) mass is 632 g/mol. The molecule has 3 aromatic rings. The fraction of sp³-hybridized carbons (Fsp3) is 0.400. The molecule has 0 radical (unpaired) electrons. The van der Waals surface area contributed by atoms with Gasteiger partial charge in [-0.2, -0.15) is 0 Å². The molecule has 11 heteroatoms. The maximum absolute atomic E-state index is 13.1. The van der Waals surface area contributed by atoms with E-state index < -0.39 is 54.9 Å². The molecule has 0 unspecified atom stereocenters. The summed E-state index contributed by atoms with van der Waals surface area (Å²) in [4.78, 5) is 37.8. The van der Waals surface area contributed by atoms with E-state index in [0.717, 1.165) is 16.7 Å². The minimum absolute atomic E-state index is 0.00359. The van der Waals surface area contributed by atoms with E-state index >= 15 is 0 Å². The lowest BCUT2D eigenvalue weighted by Crippen LogP contribution is -2.68. The number of hydrogen-bond donors (Lipinski definition) is 2. The summed E-state index contributed by atoms with van der Waals surface area (Å²) >= 11 is 0. The molecule has 3 aromatic carbocycles. The minimum atomic E-state index is -0.975. The normalized spacial score (nSPS) is 24.7. The van der Waals surface area contributed by atoms with Gasteiger partial charge in [0.25, 0.3) is 0 Å². The molecule has 2 saturated heterocycles. The van der Waals surface area contributed by atoms with Crippen LogP contribution in [0.15, 0.2) is 91.0 Å². The van der Waals surface area contributed by atoms with Crippen molar-refractivity contribution in [2.75, 3.05) is 13.2 Å². The third-order valence-corrected chi connectivity index (χ3v) is 7.64. The summed E-state index contributed by atoms with van der Waals surface area (Å²) in [5.74, 6) is -1.20. The van der Waals surface area contributed by atoms with Crippen molar-refractivity contribution in [1.29, 1.82) is 0 Å². The maximum atomic E-state index is 13.1. The highest BCUT2D eigenvalue weighted by Crippen LogP contribution is 2.36. The van der Waals surface area contributed by atoms with Gasteiger partial charge < -0.3 is 39.1 Å². The lowest BCUT2D eigenvalue weighted by atomic mass is 9.95. The van der Waals surface area contributed by atoms with Crippen molar-refractivity contribution in [3.05, 3.63) is 108 Å². The number of fused-ring (bicyclic) bond motifs is 1.